The predicted molar refractivity (Wildman–Crippen MR) is 52.4 cm³/mol. The molecule has 2 N–H and O–H groups in total. The van der Waals surface area contributed by atoms with Gasteiger partial charge in [0, 0.05) is 20.3 Å². The molecule has 0 rings (SSSR count). The molecule has 0 aromatic carbocycles. The fourth-order valence-corrected chi connectivity index (χ4v) is 1.02. The first-order valence-corrected chi connectivity index (χ1v) is 4.62. The molecule has 0 aromatic rings. The minimum atomic E-state index is -1.04. The maximum Gasteiger partial charge on any atom is 0.326 e. The third-order valence-corrected chi connectivity index (χ3v) is 1.87. The maximum atomic E-state index is 10.9. The van der Waals surface area contributed by atoms with Crippen LogP contribution in [0.5, 0.6) is 0 Å². The molecule has 0 spiro atoms. The fraction of sp³-hybridized carbons (Fsp3) is 0.889. The molecule has 5 heteroatoms. The summed E-state index contributed by atoms with van der Waals surface area (Å²) in [6.45, 7) is 5.25. The van der Waals surface area contributed by atoms with Gasteiger partial charge < -0.3 is 14.6 Å². The number of carboxylic acid groups (broad SMARTS) is 1. The van der Waals surface area contributed by atoms with Crippen molar-refractivity contribution >= 4 is 5.97 Å². The van der Waals surface area contributed by atoms with Gasteiger partial charge in [-0.25, -0.2) is 0 Å². The summed E-state index contributed by atoms with van der Waals surface area (Å²) in [5.74, 6) is -0.921. The quantitative estimate of drug-likeness (QED) is 0.550. The van der Waals surface area contributed by atoms with Crippen LogP contribution in [0.25, 0.3) is 0 Å². The van der Waals surface area contributed by atoms with Crippen LogP contribution >= 0.6 is 0 Å². The molecule has 5 nitrogen and oxygen atoms in total. The van der Waals surface area contributed by atoms with Crippen molar-refractivity contribution in [1.82, 2.24) is 5.32 Å². The van der Waals surface area contributed by atoms with Crippen LogP contribution < -0.4 is 5.32 Å². The molecule has 0 saturated carbocycles. The molecule has 0 aliphatic carbocycles. The van der Waals surface area contributed by atoms with Crippen molar-refractivity contribution in [2.75, 3.05) is 33.5 Å². The molecule has 0 bridgehead atoms. The van der Waals surface area contributed by atoms with Crippen LogP contribution in [0.15, 0.2) is 0 Å². The van der Waals surface area contributed by atoms with Gasteiger partial charge in [-0.15, -0.1) is 0 Å². The summed E-state index contributed by atoms with van der Waals surface area (Å²) >= 11 is 0. The highest BCUT2D eigenvalue weighted by atomic mass is 16.5. The van der Waals surface area contributed by atoms with Crippen molar-refractivity contribution < 1.29 is 19.4 Å². The van der Waals surface area contributed by atoms with E-state index in [2.05, 4.69) is 5.32 Å². The first-order chi connectivity index (χ1) is 6.56. The van der Waals surface area contributed by atoms with Gasteiger partial charge in [-0.1, -0.05) is 0 Å². The van der Waals surface area contributed by atoms with Gasteiger partial charge in [0.2, 0.25) is 0 Å². The summed E-state index contributed by atoms with van der Waals surface area (Å²) < 4.78 is 9.93. The number of methoxy groups -OCH3 is 1. The van der Waals surface area contributed by atoms with Gasteiger partial charge in [-0.3, -0.25) is 10.1 Å². The highest BCUT2D eigenvalue weighted by molar-refractivity contribution is 5.78. The number of hydrogen-bond acceptors (Lipinski definition) is 4. The van der Waals surface area contributed by atoms with Crippen molar-refractivity contribution in [3.63, 3.8) is 0 Å². The highest BCUT2D eigenvalue weighted by Gasteiger charge is 2.32. The van der Waals surface area contributed by atoms with Gasteiger partial charge in [0.15, 0.2) is 0 Å². The number of carboxylic acids is 1. The van der Waals surface area contributed by atoms with E-state index in [9.17, 15) is 4.79 Å². The summed E-state index contributed by atoms with van der Waals surface area (Å²) in [5.41, 5.74) is -1.04. The van der Waals surface area contributed by atoms with Crippen molar-refractivity contribution in [2.45, 2.75) is 19.4 Å². The zero-order valence-corrected chi connectivity index (χ0v) is 9.00. The summed E-state index contributed by atoms with van der Waals surface area (Å²) in [6.07, 6.45) is 0. The lowest BCUT2D eigenvalue weighted by molar-refractivity contribution is -0.146. The van der Waals surface area contributed by atoms with Crippen molar-refractivity contribution in [3.8, 4) is 0 Å². The molecule has 0 heterocycles. The first kappa shape index (κ1) is 13.4. The van der Waals surface area contributed by atoms with E-state index in [1.807, 2.05) is 6.92 Å². The summed E-state index contributed by atoms with van der Waals surface area (Å²) in [6, 6.07) is 0. The second-order valence-electron chi connectivity index (χ2n) is 3.19. The highest BCUT2D eigenvalue weighted by Crippen LogP contribution is 2.03. The van der Waals surface area contributed by atoms with E-state index >= 15 is 0 Å². The Labute approximate surface area is 84.4 Å². The number of carbonyl (C=O) groups is 1. The van der Waals surface area contributed by atoms with E-state index < -0.39 is 11.5 Å². The molecule has 84 valence electrons. The minimum absolute atomic E-state index is 0.133. The van der Waals surface area contributed by atoms with Gasteiger partial charge in [0.25, 0.3) is 0 Å². The van der Waals surface area contributed by atoms with E-state index in [1.165, 1.54) is 7.11 Å². The van der Waals surface area contributed by atoms with Crippen LogP contribution in [0, 0.1) is 0 Å². The van der Waals surface area contributed by atoms with Gasteiger partial charge in [-0.2, -0.15) is 0 Å². The smallest absolute Gasteiger partial charge is 0.326 e. The summed E-state index contributed by atoms with van der Waals surface area (Å²) in [4.78, 5) is 10.9. The largest absolute Gasteiger partial charge is 0.480 e. The molecule has 14 heavy (non-hydrogen) atoms. The lowest BCUT2D eigenvalue weighted by Gasteiger charge is -2.25. The molecule has 0 aliphatic heterocycles. The van der Waals surface area contributed by atoms with Gasteiger partial charge in [0.05, 0.1) is 13.2 Å². The Bertz CT molecular complexity index is 174. The van der Waals surface area contributed by atoms with Crippen LogP contribution in [-0.4, -0.2) is 50.1 Å². The Kier molecular flexibility index (Phi) is 6.44. The number of rotatable bonds is 8. The molecule has 1 atom stereocenters. The van der Waals surface area contributed by atoms with Gasteiger partial charge >= 0.3 is 5.97 Å². The van der Waals surface area contributed by atoms with Gasteiger partial charge in [0.1, 0.15) is 5.54 Å². The first-order valence-electron chi connectivity index (χ1n) is 4.62. The molecular weight excluding hydrogens is 186 g/mol. The summed E-state index contributed by atoms with van der Waals surface area (Å²) in [7, 11) is 1.48. The Hall–Kier alpha value is -0.650. The van der Waals surface area contributed by atoms with E-state index in [4.69, 9.17) is 14.6 Å². The van der Waals surface area contributed by atoms with Crippen LogP contribution in [-0.2, 0) is 14.3 Å². The zero-order chi connectivity index (χ0) is 11.0. The number of hydrogen-bond donors (Lipinski definition) is 2. The minimum Gasteiger partial charge on any atom is -0.480 e. The predicted octanol–water partition coefficient (Wildman–Crippen LogP) is 0.102. The molecule has 1 unspecified atom stereocenters. The molecule has 0 radical (unpaired) electrons. The van der Waals surface area contributed by atoms with Crippen molar-refractivity contribution in [1.29, 1.82) is 0 Å². The Morgan fingerprint density at radius 1 is 1.57 bits per heavy atom. The number of ether oxygens (including phenoxy) is 2. The van der Waals surface area contributed by atoms with E-state index in [0.717, 1.165) is 0 Å². The Balaban J connectivity index is 3.90. The second-order valence-corrected chi connectivity index (χ2v) is 3.19. The van der Waals surface area contributed by atoms with Crippen LogP contribution in [0.3, 0.4) is 0 Å². The van der Waals surface area contributed by atoms with Crippen LogP contribution in [0.2, 0.25) is 0 Å². The maximum absolute atomic E-state index is 10.9. The third kappa shape index (κ3) is 4.55. The zero-order valence-electron chi connectivity index (χ0n) is 9.00. The van der Waals surface area contributed by atoms with E-state index in [1.54, 1.807) is 6.92 Å². The topological polar surface area (TPSA) is 67.8 Å². The molecule has 0 amide bonds. The Morgan fingerprint density at radius 3 is 2.64 bits per heavy atom. The average molecular weight is 205 g/mol. The Morgan fingerprint density at radius 2 is 2.21 bits per heavy atom. The molecule has 0 saturated heterocycles. The number of nitrogens with one attached hydrogen (secondary N) is 1. The van der Waals surface area contributed by atoms with Crippen LogP contribution in [0.4, 0.5) is 0 Å². The fourth-order valence-electron chi connectivity index (χ4n) is 1.02. The third-order valence-electron chi connectivity index (χ3n) is 1.87. The van der Waals surface area contributed by atoms with Crippen LogP contribution in [0.1, 0.15) is 13.8 Å². The van der Waals surface area contributed by atoms with Crippen molar-refractivity contribution in [3.05, 3.63) is 0 Å². The molecule has 0 aromatic heterocycles. The molecule has 0 aliphatic rings. The monoisotopic (exact) mass is 205 g/mol. The number of aliphatic carboxylic acids is 1. The average Bonchev–Trinajstić information content (AvgIpc) is 2.13. The molecule has 0 fully saturated rings. The normalized spacial score (nSPS) is 15.1. The van der Waals surface area contributed by atoms with Gasteiger partial charge in [-0.05, 0) is 13.8 Å². The lowest BCUT2D eigenvalue weighted by atomic mass is 10.0. The van der Waals surface area contributed by atoms with E-state index in [-0.39, 0.29) is 6.61 Å². The summed E-state index contributed by atoms with van der Waals surface area (Å²) in [5, 5.41) is 11.8. The SMILES string of the molecule is CCOCCNC(C)(COC)C(=O)O. The second kappa shape index (κ2) is 6.75. The van der Waals surface area contributed by atoms with E-state index in [0.29, 0.717) is 19.8 Å². The standard InChI is InChI=1S/C9H19NO4/c1-4-14-6-5-10-9(2,7-13-3)8(11)12/h10H,4-7H2,1-3H3,(H,11,12). The van der Waals surface area contributed by atoms with Crippen molar-refractivity contribution in [2.24, 2.45) is 0 Å². The lowest BCUT2D eigenvalue weighted by Crippen LogP contribution is -2.53. The molecular formula is C9H19NO4.